The number of ether oxygens (including phenoxy) is 2. The van der Waals surface area contributed by atoms with Crippen molar-refractivity contribution >= 4 is 17.7 Å². The second-order valence-corrected chi connectivity index (χ2v) is 10.8. The summed E-state index contributed by atoms with van der Waals surface area (Å²) in [7, 11) is 0. The van der Waals surface area contributed by atoms with Gasteiger partial charge in [0.2, 0.25) is 0 Å². The molecule has 8 atom stereocenters. The summed E-state index contributed by atoms with van der Waals surface area (Å²) in [6, 6.07) is 0. The summed E-state index contributed by atoms with van der Waals surface area (Å²) in [6.45, 7) is 8.60. The van der Waals surface area contributed by atoms with Gasteiger partial charge in [0, 0.05) is 25.7 Å². The molecule has 0 radical (unpaired) electrons. The van der Waals surface area contributed by atoms with Crippen molar-refractivity contribution in [3.8, 4) is 0 Å². The predicted molar refractivity (Wildman–Crippen MR) is 114 cm³/mol. The van der Waals surface area contributed by atoms with Crippen LogP contribution in [0.5, 0.6) is 0 Å². The highest BCUT2D eigenvalue weighted by Gasteiger charge is 2.70. The lowest BCUT2D eigenvalue weighted by Gasteiger charge is -2.58. The fraction of sp³-hybridized carbons (Fsp3) is 0.800. The van der Waals surface area contributed by atoms with Crippen molar-refractivity contribution in [1.82, 2.24) is 0 Å². The number of rotatable bonds is 3. The number of fused-ring (bicyclic) bond motifs is 5. The van der Waals surface area contributed by atoms with Gasteiger partial charge < -0.3 is 14.6 Å². The summed E-state index contributed by atoms with van der Waals surface area (Å²) < 4.78 is 11.0. The molecule has 0 unspecified atom stereocenters. The van der Waals surface area contributed by atoms with Gasteiger partial charge in [-0.3, -0.25) is 14.4 Å². The van der Waals surface area contributed by atoms with Gasteiger partial charge in [0.15, 0.2) is 11.4 Å². The van der Waals surface area contributed by atoms with Crippen molar-refractivity contribution in [3.63, 3.8) is 0 Å². The second-order valence-electron chi connectivity index (χ2n) is 10.8. The number of carbonyl (C=O) groups excluding carboxylic acids is 3. The summed E-state index contributed by atoms with van der Waals surface area (Å²) in [6.07, 6.45) is 7.25. The summed E-state index contributed by atoms with van der Waals surface area (Å²) in [5, 5.41) is 11.6. The van der Waals surface area contributed by atoms with Crippen LogP contribution in [0.1, 0.15) is 79.6 Å². The molecule has 4 rings (SSSR count). The molecule has 0 saturated heterocycles. The van der Waals surface area contributed by atoms with Crippen LogP contribution in [0.4, 0.5) is 0 Å². The standard InChI is InChI=1S/C25H36O6/c1-14(26)25(29)22(31-16(3)28)13-21-19-7-6-17-12-18(30-15(2)27)8-10-23(17,4)20(19)9-11-24(21,25)5/h6,18-22,29H,7-13H2,1-5H3/t18-,19+,20-,21-,22-,23-,24-,25-/m0/s1. The summed E-state index contributed by atoms with van der Waals surface area (Å²) >= 11 is 0. The molecule has 6 heteroatoms. The number of ketones is 1. The van der Waals surface area contributed by atoms with E-state index >= 15 is 0 Å². The van der Waals surface area contributed by atoms with E-state index in [1.54, 1.807) is 0 Å². The van der Waals surface area contributed by atoms with Gasteiger partial charge >= 0.3 is 11.9 Å². The van der Waals surface area contributed by atoms with Crippen LogP contribution in [-0.4, -0.2) is 40.6 Å². The Morgan fingerprint density at radius 2 is 1.68 bits per heavy atom. The van der Waals surface area contributed by atoms with Crippen LogP contribution in [0.3, 0.4) is 0 Å². The molecule has 0 spiro atoms. The first-order valence-electron chi connectivity index (χ1n) is 11.7. The second kappa shape index (κ2) is 7.43. The normalized spacial score (nSPS) is 46.1. The lowest BCUT2D eigenvalue weighted by Crippen LogP contribution is -2.60. The largest absolute Gasteiger partial charge is 0.462 e. The predicted octanol–water partition coefficient (Wildman–Crippen LogP) is 3.74. The maximum atomic E-state index is 12.7. The monoisotopic (exact) mass is 432 g/mol. The molecule has 0 aromatic heterocycles. The summed E-state index contributed by atoms with van der Waals surface area (Å²) in [5.41, 5.74) is -0.788. The Kier molecular flexibility index (Phi) is 5.39. The van der Waals surface area contributed by atoms with Crippen molar-refractivity contribution in [2.75, 3.05) is 0 Å². The molecule has 172 valence electrons. The van der Waals surface area contributed by atoms with Crippen molar-refractivity contribution in [1.29, 1.82) is 0 Å². The van der Waals surface area contributed by atoms with Gasteiger partial charge in [-0.25, -0.2) is 0 Å². The van der Waals surface area contributed by atoms with E-state index in [9.17, 15) is 19.5 Å². The molecule has 4 aliphatic rings. The maximum absolute atomic E-state index is 12.7. The molecule has 0 aliphatic heterocycles. The number of esters is 2. The molecule has 0 aromatic rings. The minimum atomic E-state index is -1.63. The van der Waals surface area contributed by atoms with E-state index in [4.69, 9.17) is 9.47 Å². The molecule has 6 nitrogen and oxygen atoms in total. The Bertz CT molecular complexity index is 832. The fourth-order valence-corrected chi connectivity index (χ4v) is 7.92. The number of aliphatic hydroxyl groups is 1. The molecule has 0 bridgehead atoms. The lowest BCUT2D eigenvalue weighted by atomic mass is 9.46. The minimum absolute atomic E-state index is 0.0372. The topological polar surface area (TPSA) is 89.9 Å². The zero-order chi connectivity index (χ0) is 22.8. The van der Waals surface area contributed by atoms with Crippen LogP contribution in [-0.2, 0) is 23.9 Å². The first-order valence-corrected chi connectivity index (χ1v) is 11.7. The molecule has 3 saturated carbocycles. The van der Waals surface area contributed by atoms with E-state index in [0.717, 1.165) is 38.5 Å². The van der Waals surface area contributed by atoms with E-state index in [-0.39, 0.29) is 29.2 Å². The Morgan fingerprint density at radius 3 is 2.29 bits per heavy atom. The van der Waals surface area contributed by atoms with Crippen LogP contribution in [0.2, 0.25) is 0 Å². The Hall–Kier alpha value is -1.69. The Balaban J connectivity index is 1.65. The van der Waals surface area contributed by atoms with Crippen molar-refractivity contribution in [2.24, 2.45) is 28.6 Å². The van der Waals surface area contributed by atoms with Gasteiger partial charge in [0.1, 0.15) is 12.2 Å². The van der Waals surface area contributed by atoms with E-state index in [0.29, 0.717) is 18.3 Å². The van der Waals surface area contributed by atoms with Gasteiger partial charge in [-0.15, -0.1) is 0 Å². The maximum Gasteiger partial charge on any atom is 0.303 e. The number of carbonyl (C=O) groups is 3. The molecule has 4 aliphatic carbocycles. The molecule has 3 fully saturated rings. The van der Waals surface area contributed by atoms with E-state index in [1.165, 1.54) is 26.3 Å². The van der Waals surface area contributed by atoms with E-state index in [2.05, 4.69) is 13.0 Å². The average Bonchev–Trinajstić information content (AvgIpc) is 2.90. The minimum Gasteiger partial charge on any atom is -0.462 e. The molecule has 31 heavy (non-hydrogen) atoms. The Morgan fingerprint density at radius 1 is 1.00 bits per heavy atom. The van der Waals surface area contributed by atoms with Crippen molar-refractivity contribution in [2.45, 2.75) is 97.4 Å². The van der Waals surface area contributed by atoms with Gasteiger partial charge in [0.05, 0.1) is 0 Å². The first kappa shape index (κ1) is 22.5. The third-order valence-electron chi connectivity index (χ3n) is 9.43. The third-order valence-corrected chi connectivity index (χ3v) is 9.43. The number of hydrogen-bond acceptors (Lipinski definition) is 6. The molecular weight excluding hydrogens is 396 g/mol. The SMILES string of the molecule is CC(=O)O[C@H]1CC[C@@]2(C)C(=CC[C@@H]3[C@@H]2CC[C@@]2(C)[C@H]3C[C@H](OC(C)=O)[C@@]2(O)C(C)=O)C1. The average molecular weight is 433 g/mol. The van der Waals surface area contributed by atoms with Crippen molar-refractivity contribution < 1.29 is 29.0 Å². The van der Waals surface area contributed by atoms with Crippen LogP contribution < -0.4 is 0 Å². The van der Waals surface area contributed by atoms with Crippen molar-refractivity contribution in [3.05, 3.63) is 11.6 Å². The number of allylic oxidation sites excluding steroid dienone is 1. The van der Waals surface area contributed by atoms with Gasteiger partial charge in [-0.2, -0.15) is 0 Å². The van der Waals surface area contributed by atoms with Gasteiger partial charge in [-0.05, 0) is 68.6 Å². The summed E-state index contributed by atoms with van der Waals surface area (Å²) in [4.78, 5) is 35.9. The molecular formula is C25H36O6. The smallest absolute Gasteiger partial charge is 0.303 e. The van der Waals surface area contributed by atoms with Crippen LogP contribution in [0.25, 0.3) is 0 Å². The fourth-order valence-electron chi connectivity index (χ4n) is 7.92. The number of Topliss-reactive ketones (excluding diaryl/α,β-unsaturated/α-hetero) is 1. The van der Waals surface area contributed by atoms with Crippen LogP contribution in [0.15, 0.2) is 11.6 Å². The highest BCUT2D eigenvalue weighted by atomic mass is 16.6. The summed E-state index contributed by atoms with van der Waals surface area (Å²) in [5.74, 6) is -0.0691. The third kappa shape index (κ3) is 3.20. The van der Waals surface area contributed by atoms with Gasteiger partial charge in [-0.1, -0.05) is 25.5 Å². The molecule has 0 heterocycles. The zero-order valence-electron chi connectivity index (χ0n) is 19.4. The number of hydrogen-bond donors (Lipinski definition) is 1. The van der Waals surface area contributed by atoms with Gasteiger partial charge in [0.25, 0.3) is 0 Å². The van der Waals surface area contributed by atoms with Crippen LogP contribution in [0, 0.1) is 28.6 Å². The quantitative estimate of drug-likeness (QED) is 0.540. The van der Waals surface area contributed by atoms with E-state index < -0.39 is 23.1 Å². The zero-order valence-corrected chi connectivity index (χ0v) is 19.4. The molecule has 1 N–H and O–H groups in total. The molecule has 0 aromatic carbocycles. The van der Waals surface area contributed by atoms with Crippen LogP contribution >= 0.6 is 0 Å². The van der Waals surface area contributed by atoms with E-state index in [1.807, 2.05) is 6.92 Å². The highest BCUT2D eigenvalue weighted by molar-refractivity contribution is 5.87. The highest BCUT2D eigenvalue weighted by Crippen LogP contribution is 2.67. The first-order chi connectivity index (χ1) is 14.4. The lowest BCUT2D eigenvalue weighted by molar-refractivity contribution is -0.184. The Labute approximate surface area is 184 Å². The molecule has 0 amide bonds.